The molecule has 0 radical (unpaired) electrons. The van der Waals surface area contributed by atoms with E-state index < -0.39 is 0 Å². The molecule has 0 N–H and O–H groups in total. The van der Waals surface area contributed by atoms with Gasteiger partial charge in [-0.1, -0.05) is 40.2 Å². The SMILES string of the molecule is Cc1ccc(CC(Br)c2ccc(Br)c(F)c2)cc1C. The third-order valence-electron chi connectivity index (χ3n) is 3.29. The van der Waals surface area contributed by atoms with Crippen molar-refractivity contribution in [1.29, 1.82) is 0 Å². The summed E-state index contributed by atoms with van der Waals surface area (Å²) in [6.07, 6.45) is 0.849. The molecule has 19 heavy (non-hydrogen) atoms. The summed E-state index contributed by atoms with van der Waals surface area (Å²) in [5.74, 6) is -0.220. The maximum absolute atomic E-state index is 13.5. The van der Waals surface area contributed by atoms with Crippen molar-refractivity contribution in [3.05, 3.63) is 68.9 Å². The highest BCUT2D eigenvalue weighted by Gasteiger charge is 2.11. The fourth-order valence-electron chi connectivity index (χ4n) is 1.96. The summed E-state index contributed by atoms with van der Waals surface area (Å²) in [6, 6.07) is 11.7. The lowest BCUT2D eigenvalue weighted by molar-refractivity contribution is 0.618. The Hall–Kier alpha value is -0.670. The molecule has 0 aliphatic heterocycles. The zero-order valence-electron chi connectivity index (χ0n) is 10.9. The second-order valence-electron chi connectivity index (χ2n) is 4.76. The van der Waals surface area contributed by atoms with Crippen LogP contribution in [-0.2, 0) is 6.42 Å². The van der Waals surface area contributed by atoms with Gasteiger partial charge in [0.05, 0.1) is 4.47 Å². The van der Waals surface area contributed by atoms with Crippen LogP contribution in [0.4, 0.5) is 4.39 Å². The van der Waals surface area contributed by atoms with Crippen LogP contribution in [0.1, 0.15) is 27.1 Å². The molecule has 0 saturated heterocycles. The number of halogens is 3. The van der Waals surface area contributed by atoms with Gasteiger partial charge in [-0.3, -0.25) is 0 Å². The van der Waals surface area contributed by atoms with Crippen LogP contribution < -0.4 is 0 Å². The first-order valence-corrected chi connectivity index (χ1v) is 7.83. The van der Waals surface area contributed by atoms with Crippen LogP contribution in [0.3, 0.4) is 0 Å². The largest absolute Gasteiger partial charge is 0.206 e. The number of benzene rings is 2. The van der Waals surface area contributed by atoms with Gasteiger partial charge in [0.25, 0.3) is 0 Å². The first-order chi connectivity index (χ1) is 8.97. The maximum atomic E-state index is 13.5. The molecule has 1 atom stereocenters. The fraction of sp³-hybridized carbons (Fsp3) is 0.250. The zero-order chi connectivity index (χ0) is 14.0. The van der Waals surface area contributed by atoms with E-state index in [9.17, 15) is 4.39 Å². The van der Waals surface area contributed by atoms with Crippen LogP contribution in [0.5, 0.6) is 0 Å². The molecule has 2 aromatic carbocycles. The van der Waals surface area contributed by atoms with Gasteiger partial charge < -0.3 is 0 Å². The van der Waals surface area contributed by atoms with Crippen molar-refractivity contribution in [2.75, 3.05) is 0 Å². The van der Waals surface area contributed by atoms with Crippen LogP contribution in [0.25, 0.3) is 0 Å². The summed E-state index contributed by atoms with van der Waals surface area (Å²) in [7, 11) is 0. The first kappa shape index (κ1) is 14.7. The van der Waals surface area contributed by atoms with Gasteiger partial charge in [-0.2, -0.15) is 0 Å². The molecule has 0 nitrogen and oxygen atoms in total. The predicted molar refractivity (Wildman–Crippen MR) is 85.4 cm³/mol. The van der Waals surface area contributed by atoms with E-state index in [2.05, 4.69) is 63.9 Å². The third-order valence-corrected chi connectivity index (χ3v) is 4.79. The van der Waals surface area contributed by atoms with Gasteiger partial charge >= 0.3 is 0 Å². The minimum atomic E-state index is -0.220. The van der Waals surface area contributed by atoms with E-state index in [1.54, 1.807) is 12.1 Å². The Labute approximate surface area is 130 Å². The van der Waals surface area contributed by atoms with Gasteiger partial charge in [0.1, 0.15) is 5.82 Å². The molecule has 0 fully saturated rings. The Morgan fingerprint density at radius 1 is 1.05 bits per heavy atom. The van der Waals surface area contributed by atoms with Gasteiger partial charge in [0.15, 0.2) is 0 Å². The average Bonchev–Trinajstić information content (AvgIpc) is 2.37. The van der Waals surface area contributed by atoms with Crippen molar-refractivity contribution in [1.82, 2.24) is 0 Å². The molecule has 2 aromatic rings. The molecule has 0 aliphatic carbocycles. The molecule has 0 spiro atoms. The number of hydrogen-bond acceptors (Lipinski definition) is 0. The van der Waals surface area contributed by atoms with Gasteiger partial charge in [-0.25, -0.2) is 4.39 Å². The highest BCUT2D eigenvalue weighted by molar-refractivity contribution is 9.10. The maximum Gasteiger partial charge on any atom is 0.137 e. The summed E-state index contributed by atoms with van der Waals surface area (Å²) < 4.78 is 14.0. The van der Waals surface area contributed by atoms with E-state index >= 15 is 0 Å². The van der Waals surface area contributed by atoms with E-state index in [0.717, 1.165) is 12.0 Å². The lowest BCUT2D eigenvalue weighted by Gasteiger charge is -2.12. The van der Waals surface area contributed by atoms with Gasteiger partial charge in [0.2, 0.25) is 0 Å². The van der Waals surface area contributed by atoms with Crippen LogP contribution >= 0.6 is 31.9 Å². The molecule has 0 aliphatic rings. The van der Waals surface area contributed by atoms with Crippen molar-refractivity contribution >= 4 is 31.9 Å². The van der Waals surface area contributed by atoms with E-state index in [-0.39, 0.29) is 10.6 Å². The summed E-state index contributed by atoms with van der Waals surface area (Å²) in [5, 5.41) is 0. The monoisotopic (exact) mass is 384 g/mol. The molecule has 0 saturated carbocycles. The van der Waals surface area contributed by atoms with Gasteiger partial charge in [-0.15, -0.1) is 0 Å². The molecule has 3 heteroatoms. The predicted octanol–water partition coefficient (Wildman–Crippen LogP) is 5.88. The summed E-state index contributed by atoms with van der Waals surface area (Å²) >= 11 is 6.82. The molecule has 100 valence electrons. The topological polar surface area (TPSA) is 0 Å². The first-order valence-electron chi connectivity index (χ1n) is 6.12. The minimum absolute atomic E-state index is 0.122. The molecule has 0 heterocycles. The molecule has 2 rings (SSSR count). The molecular formula is C16H15Br2F. The smallest absolute Gasteiger partial charge is 0.137 e. The fourth-order valence-corrected chi connectivity index (χ4v) is 2.87. The van der Waals surface area contributed by atoms with E-state index in [0.29, 0.717) is 4.47 Å². The van der Waals surface area contributed by atoms with Crippen LogP contribution in [0.2, 0.25) is 0 Å². The van der Waals surface area contributed by atoms with E-state index in [1.165, 1.54) is 16.7 Å². The molecular weight excluding hydrogens is 371 g/mol. The summed E-state index contributed by atoms with van der Waals surface area (Å²) in [4.78, 5) is 0.122. The van der Waals surface area contributed by atoms with E-state index in [4.69, 9.17) is 0 Å². The normalized spacial score (nSPS) is 12.5. The van der Waals surface area contributed by atoms with Crippen LogP contribution in [0.15, 0.2) is 40.9 Å². The highest BCUT2D eigenvalue weighted by Crippen LogP contribution is 2.30. The van der Waals surface area contributed by atoms with Crippen molar-refractivity contribution in [2.24, 2.45) is 0 Å². The minimum Gasteiger partial charge on any atom is -0.206 e. The van der Waals surface area contributed by atoms with Crippen molar-refractivity contribution in [2.45, 2.75) is 25.1 Å². The molecule has 0 amide bonds. The Kier molecular flexibility index (Phi) is 4.80. The van der Waals surface area contributed by atoms with Crippen molar-refractivity contribution in [3.63, 3.8) is 0 Å². The van der Waals surface area contributed by atoms with Gasteiger partial charge in [-0.05, 0) is 70.6 Å². The Morgan fingerprint density at radius 3 is 2.42 bits per heavy atom. The molecule has 0 aromatic heterocycles. The Morgan fingerprint density at radius 2 is 1.79 bits per heavy atom. The lowest BCUT2D eigenvalue weighted by atomic mass is 10.0. The summed E-state index contributed by atoms with van der Waals surface area (Å²) in [6.45, 7) is 4.22. The number of rotatable bonds is 3. The average molecular weight is 386 g/mol. The second-order valence-corrected chi connectivity index (χ2v) is 6.72. The third kappa shape index (κ3) is 3.67. The quantitative estimate of drug-likeness (QED) is 0.578. The number of aryl methyl sites for hydroxylation is 2. The molecule has 1 unspecified atom stereocenters. The van der Waals surface area contributed by atoms with E-state index in [1.807, 2.05) is 6.07 Å². The summed E-state index contributed by atoms with van der Waals surface area (Å²) in [5.41, 5.74) is 4.80. The second kappa shape index (κ2) is 6.19. The number of alkyl halides is 1. The highest BCUT2D eigenvalue weighted by atomic mass is 79.9. The molecule has 0 bridgehead atoms. The van der Waals surface area contributed by atoms with Crippen LogP contribution in [-0.4, -0.2) is 0 Å². The Balaban J connectivity index is 2.17. The standard InChI is InChI=1S/C16H15Br2F/c1-10-3-4-12(7-11(10)2)8-15(18)13-5-6-14(17)16(19)9-13/h3-7,9,15H,8H2,1-2H3. The number of hydrogen-bond donors (Lipinski definition) is 0. The van der Waals surface area contributed by atoms with Crippen molar-refractivity contribution in [3.8, 4) is 0 Å². The lowest BCUT2D eigenvalue weighted by Crippen LogP contribution is -1.97. The van der Waals surface area contributed by atoms with Crippen LogP contribution in [0, 0.1) is 19.7 Å². The van der Waals surface area contributed by atoms with Gasteiger partial charge in [0, 0.05) is 4.83 Å². The Bertz CT molecular complexity index is 593. The van der Waals surface area contributed by atoms with Crippen molar-refractivity contribution < 1.29 is 4.39 Å². The zero-order valence-corrected chi connectivity index (χ0v) is 14.1.